The Morgan fingerprint density at radius 1 is 1.28 bits per heavy atom. The molecule has 4 aromatic rings. The van der Waals surface area contributed by atoms with Crippen molar-refractivity contribution in [2.75, 3.05) is 44.3 Å². The Bertz CT molecular complexity index is 1650. The molecule has 2 saturated heterocycles. The number of rotatable bonds is 7. The number of aryl methyl sites for hydroxylation is 1. The van der Waals surface area contributed by atoms with Crippen LogP contribution in [0.5, 0.6) is 5.75 Å². The molecule has 2 N–H and O–H groups in total. The summed E-state index contributed by atoms with van der Waals surface area (Å²) in [5, 5.41) is 21.0. The van der Waals surface area contributed by atoms with E-state index in [2.05, 4.69) is 33.6 Å². The monoisotopic (exact) mass is 600 g/mol. The first kappa shape index (κ1) is 28.9. The molecule has 0 bridgehead atoms. The van der Waals surface area contributed by atoms with Gasteiger partial charge in [-0.1, -0.05) is 23.7 Å². The molecule has 12 heteroatoms. The molecular weight excluding hydrogens is 568 g/mol. The molecule has 2 fully saturated rings. The summed E-state index contributed by atoms with van der Waals surface area (Å²) in [7, 11) is 0. The SMILES string of the molecule is Cc1cccc(Cl)c1C(=O)NC1(C)CCN(c2cnc(-c3cc(OCC4CNCCO4)cn4ncc(C#N)c34)cn2)CC1. The van der Waals surface area contributed by atoms with Crippen LogP contribution >= 0.6 is 11.6 Å². The molecule has 5 heterocycles. The van der Waals surface area contributed by atoms with Gasteiger partial charge in [0.2, 0.25) is 0 Å². The lowest BCUT2D eigenvalue weighted by Crippen LogP contribution is -2.53. The fourth-order valence-corrected chi connectivity index (χ4v) is 5.91. The number of nitriles is 1. The number of hydrogen-bond acceptors (Lipinski definition) is 9. The van der Waals surface area contributed by atoms with E-state index in [0.717, 1.165) is 37.3 Å². The molecule has 3 aromatic heterocycles. The second-order valence-electron chi connectivity index (χ2n) is 11.3. The second kappa shape index (κ2) is 12.2. The maximum atomic E-state index is 13.1. The van der Waals surface area contributed by atoms with E-state index in [-0.39, 0.29) is 17.6 Å². The molecule has 6 rings (SSSR count). The number of halogens is 1. The average molecular weight is 601 g/mol. The number of hydrogen-bond donors (Lipinski definition) is 2. The Hall–Kier alpha value is -4.24. The van der Waals surface area contributed by atoms with Gasteiger partial charge in [0.15, 0.2) is 0 Å². The van der Waals surface area contributed by atoms with Gasteiger partial charge in [-0.05, 0) is 44.4 Å². The first-order valence-corrected chi connectivity index (χ1v) is 14.7. The number of anilines is 1. The molecule has 0 aliphatic carbocycles. The second-order valence-corrected chi connectivity index (χ2v) is 11.7. The van der Waals surface area contributed by atoms with Crippen LogP contribution < -0.4 is 20.3 Å². The lowest BCUT2D eigenvalue weighted by atomic mass is 9.89. The number of aromatic nitrogens is 4. The van der Waals surface area contributed by atoms with E-state index in [1.807, 2.05) is 25.1 Å². The van der Waals surface area contributed by atoms with Crippen LogP contribution in [-0.2, 0) is 4.74 Å². The minimum Gasteiger partial charge on any atom is -0.489 e. The standard InChI is InChI=1S/C31H33ClN8O3/c1-20-4-3-5-25(32)28(20)30(41)38-31(2)6-9-39(10-7-31)27-17-35-26(16-36-27)24-12-22(43-19-23-15-34-8-11-42-23)18-40-29(24)21(13-33)14-37-40/h3-5,12,14,16-18,23,34H,6-11,15,19H2,1-2H3,(H,38,41). The third-order valence-corrected chi connectivity index (χ3v) is 8.43. The number of fused-ring (bicyclic) bond motifs is 1. The highest BCUT2D eigenvalue weighted by molar-refractivity contribution is 6.34. The van der Waals surface area contributed by atoms with E-state index in [9.17, 15) is 10.1 Å². The van der Waals surface area contributed by atoms with Gasteiger partial charge in [-0.2, -0.15) is 10.4 Å². The molecule has 0 radical (unpaired) electrons. The number of benzene rings is 1. The molecule has 43 heavy (non-hydrogen) atoms. The van der Waals surface area contributed by atoms with Gasteiger partial charge in [-0.25, -0.2) is 9.50 Å². The van der Waals surface area contributed by atoms with Crippen LogP contribution in [0.1, 0.15) is 41.3 Å². The van der Waals surface area contributed by atoms with Crippen LogP contribution in [-0.4, -0.2) is 76.5 Å². The minimum absolute atomic E-state index is 0.0424. The zero-order valence-corrected chi connectivity index (χ0v) is 24.9. The number of nitrogens with one attached hydrogen (secondary N) is 2. The van der Waals surface area contributed by atoms with Crippen LogP contribution in [0.25, 0.3) is 16.8 Å². The summed E-state index contributed by atoms with van der Waals surface area (Å²) in [5.74, 6) is 1.19. The molecule has 0 spiro atoms. The van der Waals surface area contributed by atoms with Crippen molar-refractivity contribution >= 4 is 28.8 Å². The highest BCUT2D eigenvalue weighted by Gasteiger charge is 2.33. The van der Waals surface area contributed by atoms with Gasteiger partial charge in [0.25, 0.3) is 5.91 Å². The summed E-state index contributed by atoms with van der Waals surface area (Å²) in [6.07, 6.45) is 8.20. The fraction of sp³-hybridized carbons (Fsp3) is 0.387. The van der Waals surface area contributed by atoms with Crippen molar-refractivity contribution in [3.63, 3.8) is 0 Å². The lowest BCUT2D eigenvalue weighted by molar-refractivity contribution is 0.000107. The maximum Gasteiger partial charge on any atom is 0.253 e. The van der Waals surface area contributed by atoms with Crippen molar-refractivity contribution in [3.05, 3.63) is 70.8 Å². The van der Waals surface area contributed by atoms with E-state index >= 15 is 0 Å². The van der Waals surface area contributed by atoms with Crippen LogP contribution in [0, 0.1) is 18.3 Å². The molecule has 222 valence electrons. The van der Waals surface area contributed by atoms with E-state index in [1.54, 1.807) is 29.2 Å². The summed E-state index contributed by atoms with van der Waals surface area (Å²) in [4.78, 5) is 24.7. The summed E-state index contributed by atoms with van der Waals surface area (Å²) < 4.78 is 13.5. The minimum atomic E-state index is -0.368. The Labute approximate surface area is 254 Å². The summed E-state index contributed by atoms with van der Waals surface area (Å²) >= 11 is 6.33. The lowest BCUT2D eigenvalue weighted by Gasteiger charge is -2.40. The molecule has 1 atom stereocenters. The van der Waals surface area contributed by atoms with Crippen LogP contribution in [0.4, 0.5) is 5.82 Å². The van der Waals surface area contributed by atoms with Gasteiger partial charge in [0.1, 0.15) is 30.3 Å². The summed E-state index contributed by atoms with van der Waals surface area (Å²) in [6.45, 7) is 7.98. The van der Waals surface area contributed by atoms with E-state index in [1.165, 1.54) is 6.20 Å². The number of amides is 1. The van der Waals surface area contributed by atoms with Crippen molar-refractivity contribution < 1.29 is 14.3 Å². The van der Waals surface area contributed by atoms with Crippen LogP contribution in [0.15, 0.2) is 49.1 Å². The quantitative estimate of drug-likeness (QED) is 0.325. The largest absolute Gasteiger partial charge is 0.489 e. The zero-order chi connectivity index (χ0) is 30.0. The number of pyridine rings is 1. The summed E-state index contributed by atoms with van der Waals surface area (Å²) in [6, 6.07) is 9.56. The molecule has 0 saturated carbocycles. The average Bonchev–Trinajstić information content (AvgIpc) is 3.44. The highest BCUT2D eigenvalue weighted by Crippen LogP contribution is 2.31. The molecule has 1 amide bonds. The highest BCUT2D eigenvalue weighted by atomic mass is 35.5. The number of nitrogens with zero attached hydrogens (tertiary/aromatic N) is 6. The van der Waals surface area contributed by atoms with Gasteiger partial charge in [0.05, 0.1) is 58.8 Å². The molecule has 1 unspecified atom stereocenters. The fourth-order valence-electron chi connectivity index (χ4n) is 5.60. The Kier molecular flexibility index (Phi) is 8.17. The van der Waals surface area contributed by atoms with Gasteiger partial charge in [-0.3, -0.25) is 9.78 Å². The topological polar surface area (TPSA) is 130 Å². The van der Waals surface area contributed by atoms with Gasteiger partial charge in [0, 0.05) is 37.3 Å². The molecule has 11 nitrogen and oxygen atoms in total. The van der Waals surface area contributed by atoms with Gasteiger partial charge < -0.3 is 25.0 Å². The van der Waals surface area contributed by atoms with E-state index in [4.69, 9.17) is 31.0 Å². The predicted octanol–water partition coefficient (Wildman–Crippen LogP) is 3.78. The number of piperidine rings is 1. The Morgan fingerprint density at radius 3 is 2.81 bits per heavy atom. The molecule has 1 aromatic carbocycles. The third-order valence-electron chi connectivity index (χ3n) is 8.12. The smallest absolute Gasteiger partial charge is 0.253 e. The predicted molar refractivity (Wildman–Crippen MR) is 163 cm³/mol. The molecular formula is C31H33ClN8O3. The summed E-state index contributed by atoms with van der Waals surface area (Å²) in [5.41, 5.74) is 3.40. The van der Waals surface area contributed by atoms with Crippen molar-refractivity contribution in [1.29, 1.82) is 5.26 Å². The maximum absolute atomic E-state index is 13.1. The normalized spacial score (nSPS) is 18.3. The first-order valence-electron chi connectivity index (χ1n) is 14.4. The number of ether oxygens (including phenoxy) is 2. The Balaban J connectivity index is 1.16. The van der Waals surface area contributed by atoms with E-state index < -0.39 is 0 Å². The number of morpholine rings is 1. The van der Waals surface area contributed by atoms with Crippen molar-refractivity contribution in [3.8, 4) is 23.1 Å². The van der Waals surface area contributed by atoms with Gasteiger partial charge in [-0.15, -0.1) is 0 Å². The van der Waals surface area contributed by atoms with Gasteiger partial charge >= 0.3 is 0 Å². The first-order chi connectivity index (χ1) is 20.8. The molecule has 2 aliphatic rings. The van der Waals surface area contributed by atoms with Crippen molar-refractivity contribution in [2.24, 2.45) is 0 Å². The zero-order valence-electron chi connectivity index (χ0n) is 24.1. The van der Waals surface area contributed by atoms with Crippen LogP contribution in [0.2, 0.25) is 5.02 Å². The van der Waals surface area contributed by atoms with E-state index in [0.29, 0.717) is 65.0 Å². The number of carbonyl (C=O) groups excluding carboxylic acids is 1. The van der Waals surface area contributed by atoms with Crippen molar-refractivity contribution in [2.45, 2.75) is 38.3 Å². The third kappa shape index (κ3) is 6.13. The number of carbonyl (C=O) groups is 1. The molecule has 2 aliphatic heterocycles. The van der Waals surface area contributed by atoms with Crippen molar-refractivity contribution in [1.82, 2.24) is 30.2 Å². The Morgan fingerprint density at radius 2 is 2.12 bits per heavy atom. The van der Waals surface area contributed by atoms with Crippen LogP contribution in [0.3, 0.4) is 0 Å².